The van der Waals surface area contributed by atoms with Crippen LogP contribution in [0.15, 0.2) is 18.2 Å². The van der Waals surface area contributed by atoms with Gasteiger partial charge in [0.05, 0.1) is 6.61 Å². The Balaban J connectivity index is 2.41. The van der Waals surface area contributed by atoms with Crippen molar-refractivity contribution >= 4 is 35.2 Å². The average Bonchev–Trinajstić information content (AvgIpc) is 2.40. The second-order valence-corrected chi connectivity index (χ2v) is 5.08. The molecule has 0 saturated heterocycles. The van der Waals surface area contributed by atoms with Crippen LogP contribution >= 0.6 is 23.2 Å². The molecule has 0 spiro atoms. The highest BCUT2D eigenvalue weighted by Gasteiger charge is 2.19. The van der Waals surface area contributed by atoms with Crippen LogP contribution < -0.4 is 10.6 Å². The van der Waals surface area contributed by atoms with E-state index in [-0.39, 0.29) is 6.61 Å². The molecular formula is C13H16Cl2N2O4. The van der Waals surface area contributed by atoms with E-state index >= 15 is 0 Å². The van der Waals surface area contributed by atoms with E-state index in [1.165, 1.54) is 7.11 Å². The maximum Gasteiger partial charge on any atom is 0.328 e. The molecule has 0 heterocycles. The third-order valence-corrected chi connectivity index (χ3v) is 3.22. The van der Waals surface area contributed by atoms with Gasteiger partial charge in [-0.05, 0) is 24.1 Å². The first-order valence-electron chi connectivity index (χ1n) is 6.14. The smallest absolute Gasteiger partial charge is 0.328 e. The highest BCUT2D eigenvalue weighted by molar-refractivity contribution is 6.35. The van der Waals surface area contributed by atoms with Crippen molar-refractivity contribution < 1.29 is 19.4 Å². The largest absolute Gasteiger partial charge is 0.480 e. The molecule has 1 aromatic rings. The Bertz CT molecular complexity index is 511. The van der Waals surface area contributed by atoms with Gasteiger partial charge in [0.25, 0.3) is 0 Å². The number of benzene rings is 1. The van der Waals surface area contributed by atoms with Gasteiger partial charge < -0.3 is 20.5 Å². The molecule has 6 nitrogen and oxygen atoms in total. The van der Waals surface area contributed by atoms with Crippen LogP contribution in [0.5, 0.6) is 0 Å². The number of nitrogens with one attached hydrogen (secondary N) is 2. The van der Waals surface area contributed by atoms with E-state index in [4.69, 9.17) is 33.0 Å². The summed E-state index contributed by atoms with van der Waals surface area (Å²) in [6.07, 6.45) is 0.505. The first kappa shape index (κ1) is 17.6. The van der Waals surface area contributed by atoms with E-state index in [1.54, 1.807) is 18.2 Å². The fourth-order valence-corrected chi connectivity index (χ4v) is 2.09. The standard InChI is InChI=1S/C13H16Cl2N2O4/c1-21-7-11(12(18)19)17-13(20)16-5-4-8-2-3-9(14)6-10(8)15/h2-3,6,11H,4-5,7H2,1H3,(H,18,19)(H2,16,17,20). The Kier molecular flexibility index (Phi) is 7.28. The van der Waals surface area contributed by atoms with E-state index in [0.29, 0.717) is 23.0 Å². The number of aliphatic carboxylic acids is 1. The summed E-state index contributed by atoms with van der Waals surface area (Å²) in [5.41, 5.74) is 0.841. The number of urea groups is 1. The van der Waals surface area contributed by atoms with Crippen LogP contribution in [-0.4, -0.2) is 43.4 Å². The van der Waals surface area contributed by atoms with Crippen molar-refractivity contribution in [2.45, 2.75) is 12.5 Å². The molecule has 116 valence electrons. The zero-order chi connectivity index (χ0) is 15.8. The van der Waals surface area contributed by atoms with Crippen LogP contribution in [0.4, 0.5) is 4.79 Å². The maximum absolute atomic E-state index is 11.6. The van der Waals surface area contributed by atoms with Gasteiger partial charge in [-0.15, -0.1) is 0 Å². The zero-order valence-corrected chi connectivity index (χ0v) is 12.9. The topological polar surface area (TPSA) is 87.7 Å². The van der Waals surface area contributed by atoms with Gasteiger partial charge in [0, 0.05) is 23.7 Å². The van der Waals surface area contributed by atoms with Crippen molar-refractivity contribution in [2.75, 3.05) is 20.3 Å². The second kappa shape index (κ2) is 8.71. The fraction of sp³-hybridized carbons (Fsp3) is 0.385. The maximum atomic E-state index is 11.6. The van der Waals surface area contributed by atoms with Crippen molar-refractivity contribution in [3.05, 3.63) is 33.8 Å². The minimum absolute atomic E-state index is 0.105. The summed E-state index contributed by atoms with van der Waals surface area (Å²) in [5.74, 6) is -1.16. The Morgan fingerprint density at radius 2 is 2.10 bits per heavy atom. The summed E-state index contributed by atoms with van der Waals surface area (Å²) < 4.78 is 4.71. The highest BCUT2D eigenvalue weighted by Crippen LogP contribution is 2.20. The van der Waals surface area contributed by atoms with E-state index in [2.05, 4.69) is 10.6 Å². The van der Waals surface area contributed by atoms with E-state index in [1.807, 2.05) is 0 Å². The number of carboxylic acid groups (broad SMARTS) is 1. The third kappa shape index (κ3) is 6.20. The van der Waals surface area contributed by atoms with E-state index < -0.39 is 18.0 Å². The molecule has 0 fully saturated rings. The zero-order valence-electron chi connectivity index (χ0n) is 11.4. The molecule has 0 bridgehead atoms. The molecule has 0 radical (unpaired) electrons. The van der Waals surface area contributed by atoms with Crippen LogP contribution in [0.1, 0.15) is 5.56 Å². The molecule has 2 amide bonds. The molecule has 0 aliphatic heterocycles. The lowest BCUT2D eigenvalue weighted by Gasteiger charge is -2.14. The SMILES string of the molecule is COCC(NC(=O)NCCc1ccc(Cl)cc1Cl)C(=O)O. The predicted octanol–water partition coefficient (Wildman–Crippen LogP) is 1.93. The molecule has 1 rings (SSSR count). The first-order valence-corrected chi connectivity index (χ1v) is 6.89. The number of rotatable bonds is 7. The molecule has 1 aromatic carbocycles. The molecule has 0 aromatic heterocycles. The van der Waals surface area contributed by atoms with Gasteiger partial charge in [-0.2, -0.15) is 0 Å². The van der Waals surface area contributed by atoms with Crippen LogP contribution in [0.2, 0.25) is 10.0 Å². The fourth-order valence-electron chi connectivity index (χ4n) is 1.59. The number of carbonyl (C=O) groups excluding carboxylic acids is 1. The Hall–Kier alpha value is -1.50. The van der Waals surface area contributed by atoms with Crippen molar-refractivity contribution in [3.8, 4) is 0 Å². The number of methoxy groups -OCH3 is 1. The summed E-state index contributed by atoms with van der Waals surface area (Å²) in [7, 11) is 1.36. The van der Waals surface area contributed by atoms with Crippen molar-refractivity contribution in [1.82, 2.24) is 10.6 Å². The molecule has 0 aliphatic carbocycles. The number of carbonyl (C=O) groups is 2. The van der Waals surface area contributed by atoms with Gasteiger partial charge in [0.1, 0.15) is 0 Å². The lowest BCUT2D eigenvalue weighted by molar-refractivity contribution is -0.140. The van der Waals surface area contributed by atoms with Gasteiger partial charge in [-0.3, -0.25) is 0 Å². The Labute approximate surface area is 132 Å². The van der Waals surface area contributed by atoms with Gasteiger partial charge in [-0.1, -0.05) is 29.3 Å². The minimum atomic E-state index is -1.16. The molecule has 1 atom stereocenters. The van der Waals surface area contributed by atoms with Crippen molar-refractivity contribution in [2.24, 2.45) is 0 Å². The molecular weight excluding hydrogens is 319 g/mol. The van der Waals surface area contributed by atoms with Crippen LogP contribution in [0, 0.1) is 0 Å². The molecule has 21 heavy (non-hydrogen) atoms. The summed E-state index contributed by atoms with van der Waals surface area (Å²) in [6.45, 7) is 0.207. The minimum Gasteiger partial charge on any atom is -0.480 e. The van der Waals surface area contributed by atoms with Crippen molar-refractivity contribution in [1.29, 1.82) is 0 Å². The quantitative estimate of drug-likeness (QED) is 0.711. The summed E-state index contributed by atoms with van der Waals surface area (Å²) in [6, 6.07) is 3.44. The van der Waals surface area contributed by atoms with E-state index in [9.17, 15) is 9.59 Å². The molecule has 0 aliphatic rings. The van der Waals surface area contributed by atoms with E-state index in [0.717, 1.165) is 5.56 Å². The van der Waals surface area contributed by atoms with Crippen molar-refractivity contribution in [3.63, 3.8) is 0 Å². The van der Waals surface area contributed by atoms with Gasteiger partial charge >= 0.3 is 12.0 Å². The predicted molar refractivity (Wildman–Crippen MR) is 80.0 cm³/mol. The molecule has 3 N–H and O–H groups in total. The van der Waals surface area contributed by atoms with Gasteiger partial charge in [0.2, 0.25) is 0 Å². The molecule has 8 heteroatoms. The number of amides is 2. The average molecular weight is 335 g/mol. The monoisotopic (exact) mass is 334 g/mol. The lowest BCUT2D eigenvalue weighted by Crippen LogP contribution is -2.48. The van der Waals surface area contributed by atoms with Gasteiger partial charge in [0.15, 0.2) is 6.04 Å². The molecule has 0 saturated carbocycles. The van der Waals surface area contributed by atoms with Crippen LogP contribution in [0.3, 0.4) is 0 Å². The normalized spacial score (nSPS) is 11.8. The van der Waals surface area contributed by atoms with Crippen LogP contribution in [0.25, 0.3) is 0 Å². The Morgan fingerprint density at radius 1 is 1.38 bits per heavy atom. The Morgan fingerprint density at radius 3 is 2.67 bits per heavy atom. The first-order chi connectivity index (χ1) is 9.93. The number of ether oxygens (including phenoxy) is 1. The van der Waals surface area contributed by atoms with Crippen LogP contribution in [-0.2, 0) is 16.0 Å². The highest BCUT2D eigenvalue weighted by atomic mass is 35.5. The number of hydrogen-bond donors (Lipinski definition) is 3. The second-order valence-electron chi connectivity index (χ2n) is 4.23. The summed E-state index contributed by atoms with van der Waals surface area (Å²) in [5, 5.41) is 14.8. The molecule has 1 unspecified atom stereocenters. The number of carboxylic acids is 1. The number of halogens is 2. The third-order valence-electron chi connectivity index (χ3n) is 2.63. The lowest BCUT2D eigenvalue weighted by atomic mass is 10.1. The number of hydrogen-bond acceptors (Lipinski definition) is 3. The van der Waals surface area contributed by atoms with Gasteiger partial charge in [-0.25, -0.2) is 9.59 Å². The summed E-state index contributed by atoms with van der Waals surface area (Å²) >= 11 is 11.8. The summed E-state index contributed by atoms with van der Waals surface area (Å²) in [4.78, 5) is 22.4.